The van der Waals surface area contributed by atoms with Crippen LogP contribution >= 0.6 is 11.3 Å². The molecule has 9 heteroatoms. The van der Waals surface area contributed by atoms with Gasteiger partial charge in [0.25, 0.3) is 10.0 Å². The number of hydrogen-bond donors (Lipinski definition) is 2. The molecule has 1 amide bonds. The Morgan fingerprint density at radius 2 is 2.00 bits per heavy atom. The number of carbonyl (C=O) groups excluding carboxylic acids is 1. The summed E-state index contributed by atoms with van der Waals surface area (Å²) in [5.74, 6) is -1.58. The van der Waals surface area contributed by atoms with E-state index in [9.17, 15) is 18.0 Å². The third-order valence-corrected chi connectivity index (χ3v) is 5.97. The molecule has 0 aliphatic rings. The number of carboxylic acids is 1. The highest BCUT2D eigenvalue weighted by atomic mass is 32.2. The lowest BCUT2D eigenvalue weighted by Gasteiger charge is -2.19. The fourth-order valence-corrected chi connectivity index (χ4v) is 4.30. The second-order valence-electron chi connectivity index (χ2n) is 4.58. The van der Waals surface area contributed by atoms with Crippen LogP contribution in [0.5, 0.6) is 0 Å². The molecule has 0 saturated carbocycles. The van der Waals surface area contributed by atoms with Gasteiger partial charge in [-0.15, -0.1) is 11.3 Å². The molecule has 2 N–H and O–H groups in total. The van der Waals surface area contributed by atoms with Gasteiger partial charge in [0.05, 0.1) is 6.54 Å². The Kier molecular flexibility index (Phi) is 5.87. The van der Waals surface area contributed by atoms with Crippen LogP contribution in [0.4, 0.5) is 0 Å². The van der Waals surface area contributed by atoms with Gasteiger partial charge < -0.3 is 10.4 Å². The standard InChI is InChI=1S/C12H18N2O5S2/c1-4-14(7-10(15)13-8(2)3)21(18,19)11-6-5-9(20-11)12(16)17/h5-6,8H,4,7H2,1-3H3,(H,13,15)(H,16,17). The maximum absolute atomic E-state index is 12.4. The van der Waals surface area contributed by atoms with Crippen molar-refractivity contribution in [1.82, 2.24) is 9.62 Å². The Balaban J connectivity index is 2.96. The monoisotopic (exact) mass is 334 g/mol. The molecule has 7 nitrogen and oxygen atoms in total. The Morgan fingerprint density at radius 1 is 1.38 bits per heavy atom. The van der Waals surface area contributed by atoms with E-state index in [-0.39, 0.29) is 28.2 Å². The van der Waals surface area contributed by atoms with Crippen LogP contribution in [-0.2, 0) is 14.8 Å². The van der Waals surface area contributed by atoms with E-state index in [1.165, 1.54) is 12.1 Å². The molecule has 0 radical (unpaired) electrons. The molecule has 1 aromatic rings. The Hall–Kier alpha value is -1.45. The highest BCUT2D eigenvalue weighted by molar-refractivity contribution is 7.91. The van der Waals surface area contributed by atoms with Gasteiger partial charge in [0.2, 0.25) is 5.91 Å². The summed E-state index contributed by atoms with van der Waals surface area (Å²) in [6.07, 6.45) is 0. The van der Waals surface area contributed by atoms with E-state index < -0.39 is 21.9 Å². The van der Waals surface area contributed by atoms with Crippen molar-refractivity contribution in [2.45, 2.75) is 31.0 Å². The van der Waals surface area contributed by atoms with Crippen molar-refractivity contribution in [3.8, 4) is 0 Å². The Labute approximate surface area is 127 Å². The lowest BCUT2D eigenvalue weighted by atomic mass is 10.4. The second-order valence-corrected chi connectivity index (χ2v) is 7.83. The molecule has 21 heavy (non-hydrogen) atoms. The zero-order valence-electron chi connectivity index (χ0n) is 12.0. The largest absolute Gasteiger partial charge is 0.477 e. The summed E-state index contributed by atoms with van der Waals surface area (Å²) in [6.45, 7) is 5.00. The van der Waals surface area contributed by atoms with Gasteiger partial charge >= 0.3 is 5.97 Å². The molecule has 0 atom stereocenters. The molecule has 0 aliphatic heterocycles. The van der Waals surface area contributed by atoms with Crippen molar-refractivity contribution in [1.29, 1.82) is 0 Å². The van der Waals surface area contributed by atoms with Crippen LogP contribution in [0.2, 0.25) is 0 Å². The van der Waals surface area contributed by atoms with Crippen molar-refractivity contribution in [2.24, 2.45) is 0 Å². The first-order valence-electron chi connectivity index (χ1n) is 6.31. The normalized spacial score (nSPS) is 11.9. The molecule has 0 spiro atoms. The highest BCUT2D eigenvalue weighted by Gasteiger charge is 2.27. The fourth-order valence-electron chi connectivity index (χ4n) is 1.60. The smallest absolute Gasteiger partial charge is 0.345 e. The Morgan fingerprint density at radius 3 is 2.43 bits per heavy atom. The van der Waals surface area contributed by atoms with Crippen LogP contribution < -0.4 is 5.32 Å². The minimum Gasteiger partial charge on any atom is -0.477 e. The van der Waals surface area contributed by atoms with E-state index in [0.717, 1.165) is 4.31 Å². The molecule has 0 aliphatic carbocycles. The fraction of sp³-hybridized carbons (Fsp3) is 0.500. The van der Waals surface area contributed by atoms with Gasteiger partial charge in [0.15, 0.2) is 0 Å². The molecule has 0 aromatic carbocycles. The number of hydrogen-bond acceptors (Lipinski definition) is 5. The molecular weight excluding hydrogens is 316 g/mol. The lowest BCUT2D eigenvalue weighted by molar-refractivity contribution is -0.121. The van der Waals surface area contributed by atoms with Crippen molar-refractivity contribution in [3.05, 3.63) is 17.0 Å². The second kappa shape index (κ2) is 7.01. The number of likely N-dealkylation sites (N-methyl/N-ethyl adjacent to an activating group) is 1. The quantitative estimate of drug-likeness (QED) is 0.773. The molecule has 0 fully saturated rings. The summed E-state index contributed by atoms with van der Waals surface area (Å²) in [4.78, 5) is 22.5. The van der Waals surface area contributed by atoms with Crippen LogP contribution in [0.3, 0.4) is 0 Å². The van der Waals surface area contributed by atoms with Gasteiger partial charge in [-0.3, -0.25) is 4.79 Å². The van der Waals surface area contributed by atoms with Gasteiger partial charge in [-0.25, -0.2) is 13.2 Å². The first kappa shape index (κ1) is 17.6. The summed E-state index contributed by atoms with van der Waals surface area (Å²) in [5.41, 5.74) is 0. The van der Waals surface area contributed by atoms with Gasteiger partial charge in [-0.1, -0.05) is 6.92 Å². The van der Waals surface area contributed by atoms with E-state index in [0.29, 0.717) is 11.3 Å². The van der Waals surface area contributed by atoms with Gasteiger partial charge in [-0.2, -0.15) is 4.31 Å². The number of aromatic carboxylic acids is 1. The number of thiophene rings is 1. The summed E-state index contributed by atoms with van der Waals surface area (Å²) in [7, 11) is -3.87. The number of sulfonamides is 1. The zero-order chi connectivity index (χ0) is 16.2. The van der Waals surface area contributed by atoms with E-state index in [2.05, 4.69) is 5.32 Å². The third-order valence-electron chi connectivity index (χ3n) is 2.51. The number of carbonyl (C=O) groups is 2. The first-order valence-corrected chi connectivity index (χ1v) is 8.56. The number of amides is 1. The molecule has 0 saturated heterocycles. The van der Waals surface area contributed by atoms with Gasteiger partial charge in [0, 0.05) is 12.6 Å². The van der Waals surface area contributed by atoms with Crippen molar-refractivity contribution < 1.29 is 23.1 Å². The molecule has 1 heterocycles. The average Bonchev–Trinajstić information content (AvgIpc) is 2.85. The molecule has 0 bridgehead atoms. The summed E-state index contributed by atoms with van der Waals surface area (Å²) in [6, 6.07) is 2.40. The van der Waals surface area contributed by atoms with Gasteiger partial charge in [0.1, 0.15) is 9.09 Å². The molecule has 1 rings (SSSR count). The Bertz CT molecular complexity index is 621. The first-order chi connectivity index (χ1) is 9.68. The predicted octanol–water partition coefficient (Wildman–Crippen LogP) is 0.981. The topological polar surface area (TPSA) is 104 Å². The molecule has 118 valence electrons. The van der Waals surface area contributed by atoms with E-state index in [1.54, 1.807) is 20.8 Å². The predicted molar refractivity (Wildman–Crippen MR) is 79.0 cm³/mol. The number of carboxylic acid groups (broad SMARTS) is 1. The number of nitrogens with zero attached hydrogens (tertiary/aromatic N) is 1. The minimum absolute atomic E-state index is 0.0590. The lowest BCUT2D eigenvalue weighted by Crippen LogP contribution is -2.42. The van der Waals surface area contributed by atoms with E-state index in [1.807, 2.05) is 0 Å². The van der Waals surface area contributed by atoms with E-state index >= 15 is 0 Å². The molecule has 0 unspecified atom stereocenters. The maximum atomic E-state index is 12.4. The van der Waals surface area contributed by atoms with Crippen LogP contribution in [0.1, 0.15) is 30.4 Å². The van der Waals surface area contributed by atoms with Crippen molar-refractivity contribution in [3.63, 3.8) is 0 Å². The SMILES string of the molecule is CCN(CC(=O)NC(C)C)S(=O)(=O)c1ccc(C(=O)O)s1. The zero-order valence-corrected chi connectivity index (χ0v) is 13.6. The van der Waals surface area contributed by atoms with E-state index in [4.69, 9.17) is 5.11 Å². The highest BCUT2D eigenvalue weighted by Crippen LogP contribution is 2.24. The molecule has 1 aromatic heterocycles. The maximum Gasteiger partial charge on any atom is 0.345 e. The summed E-state index contributed by atoms with van der Waals surface area (Å²) < 4.78 is 25.7. The summed E-state index contributed by atoms with van der Waals surface area (Å²) >= 11 is 0.672. The summed E-state index contributed by atoms with van der Waals surface area (Å²) in [5, 5.41) is 11.5. The molecular formula is C12H18N2O5S2. The van der Waals surface area contributed by atoms with Crippen LogP contribution in [0.25, 0.3) is 0 Å². The number of rotatable bonds is 7. The van der Waals surface area contributed by atoms with Crippen molar-refractivity contribution >= 4 is 33.2 Å². The number of nitrogens with one attached hydrogen (secondary N) is 1. The average molecular weight is 334 g/mol. The van der Waals surface area contributed by atoms with Gasteiger partial charge in [-0.05, 0) is 26.0 Å². The van der Waals surface area contributed by atoms with Crippen LogP contribution in [0, 0.1) is 0 Å². The van der Waals surface area contributed by atoms with Crippen LogP contribution in [0.15, 0.2) is 16.3 Å². The van der Waals surface area contributed by atoms with Crippen LogP contribution in [-0.4, -0.2) is 48.8 Å². The third kappa shape index (κ3) is 4.51. The van der Waals surface area contributed by atoms with Crippen molar-refractivity contribution in [2.75, 3.05) is 13.1 Å². The minimum atomic E-state index is -3.87.